The van der Waals surface area contributed by atoms with Crippen LogP contribution in [-0.2, 0) is 0 Å². The predicted octanol–water partition coefficient (Wildman–Crippen LogP) is 2.51. The summed E-state index contributed by atoms with van der Waals surface area (Å²) in [5.74, 6) is 0.778. The lowest BCUT2D eigenvalue weighted by Gasteiger charge is -2.14. The van der Waals surface area contributed by atoms with Crippen molar-refractivity contribution in [3.8, 4) is 0 Å². The second-order valence-corrected chi connectivity index (χ2v) is 3.66. The van der Waals surface area contributed by atoms with Gasteiger partial charge in [0.1, 0.15) is 0 Å². The third-order valence-electron chi connectivity index (χ3n) is 2.46. The Labute approximate surface area is 131 Å². The van der Waals surface area contributed by atoms with Gasteiger partial charge in [-0.1, -0.05) is 12.8 Å². The molecule has 0 saturated heterocycles. The average molecular weight is 333 g/mol. The summed E-state index contributed by atoms with van der Waals surface area (Å²) >= 11 is 0. The van der Waals surface area contributed by atoms with E-state index in [0.29, 0.717) is 0 Å². The zero-order valence-electron chi connectivity index (χ0n) is 10.3. The minimum absolute atomic E-state index is 0. The van der Waals surface area contributed by atoms with Crippen LogP contribution in [0.1, 0.15) is 38.5 Å². The molecule has 0 aliphatic rings. The Kier molecular flexibility index (Phi) is 46.7. The van der Waals surface area contributed by atoms with E-state index in [1.165, 1.54) is 19.3 Å². The molecule has 7 heteroatoms. The first-order valence-corrected chi connectivity index (χ1v) is 5.45. The number of nitrogens with two attached hydrogens (primary N) is 3. The molecule has 0 aromatic rings. The Bertz CT molecular complexity index is 110. The van der Waals surface area contributed by atoms with Crippen molar-refractivity contribution in [2.24, 2.45) is 23.1 Å². The second kappa shape index (κ2) is 25.8. The minimum atomic E-state index is 0. The van der Waals surface area contributed by atoms with Gasteiger partial charge < -0.3 is 17.2 Å². The molecule has 1 atom stereocenters. The van der Waals surface area contributed by atoms with E-state index < -0.39 is 0 Å². The predicted molar refractivity (Wildman–Crippen MR) is 87.3 cm³/mol. The highest BCUT2D eigenvalue weighted by atomic mass is 35.5. The molecule has 17 heavy (non-hydrogen) atoms. The molecule has 0 heterocycles. The van der Waals surface area contributed by atoms with Crippen LogP contribution in [0.5, 0.6) is 0 Å². The van der Waals surface area contributed by atoms with Crippen LogP contribution in [0, 0.1) is 5.92 Å². The van der Waals surface area contributed by atoms with Crippen LogP contribution in [0.25, 0.3) is 0 Å². The molecule has 6 N–H and O–H groups in total. The highest BCUT2D eigenvalue weighted by Crippen LogP contribution is 2.17. The first kappa shape index (κ1) is 30.8. The summed E-state index contributed by atoms with van der Waals surface area (Å²) in [4.78, 5) is 0. The van der Waals surface area contributed by atoms with Crippen molar-refractivity contribution >= 4 is 49.6 Å². The first-order valence-electron chi connectivity index (χ1n) is 5.45. The average Bonchev–Trinajstić information content (AvgIpc) is 2.14. The number of halogens is 4. The topological polar surface area (TPSA) is 78.1 Å². The molecule has 0 aliphatic heterocycles. The zero-order valence-corrected chi connectivity index (χ0v) is 13.6. The van der Waals surface area contributed by atoms with E-state index in [2.05, 4.69) is 0 Å². The standard InChI is InChI=1S/C10H25N3.4ClH/c11-7-2-1-4-10(6-9-13)5-3-8-12;;;;/h10H,1-9,11-13H2;4*1H. The molecule has 0 aromatic carbocycles. The van der Waals surface area contributed by atoms with Gasteiger partial charge in [-0.2, -0.15) is 0 Å². The van der Waals surface area contributed by atoms with Gasteiger partial charge in [0, 0.05) is 0 Å². The molecule has 0 amide bonds. The Morgan fingerprint density at radius 1 is 0.529 bits per heavy atom. The van der Waals surface area contributed by atoms with Gasteiger partial charge in [0.15, 0.2) is 0 Å². The molecular weight excluding hydrogens is 304 g/mol. The summed E-state index contributed by atoms with van der Waals surface area (Å²) in [5.41, 5.74) is 16.5. The second-order valence-electron chi connectivity index (χ2n) is 3.66. The van der Waals surface area contributed by atoms with Gasteiger partial charge in [-0.25, -0.2) is 0 Å². The molecule has 0 bridgehead atoms. The van der Waals surface area contributed by atoms with Gasteiger partial charge in [-0.05, 0) is 51.2 Å². The number of unbranched alkanes of at least 4 members (excludes halogenated alkanes) is 1. The van der Waals surface area contributed by atoms with Crippen molar-refractivity contribution < 1.29 is 0 Å². The molecule has 3 nitrogen and oxygen atoms in total. The molecule has 0 fully saturated rings. The molecule has 0 spiro atoms. The normalized spacial score (nSPS) is 10.1. The maximum absolute atomic E-state index is 5.55. The van der Waals surface area contributed by atoms with Gasteiger partial charge >= 0.3 is 0 Å². The van der Waals surface area contributed by atoms with Gasteiger partial charge in [-0.3, -0.25) is 0 Å². The molecule has 1 unspecified atom stereocenters. The van der Waals surface area contributed by atoms with Gasteiger partial charge in [0.05, 0.1) is 0 Å². The Hall–Kier alpha value is 1.04. The quantitative estimate of drug-likeness (QED) is 0.567. The van der Waals surface area contributed by atoms with Crippen LogP contribution < -0.4 is 17.2 Å². The van der Waals surface area contributed by atoms with Gasteiger partial charge in [0.2, 0.25) is 0 Å². The smallest absolute Gasteiger partial charge is 0.00746 e. The summed E-state index contributed by atoms with van der Waals surface area (Å²) in [5, 5.41) is 0. The third kappa shape index (κ3) is 22.7. The van der Waals surface area contributed by atoms with Gasteiger partial charge in [0.25, 0.3) is 0 Å². The highest BCUT2D eigenvalue weighted by Gasteiger charge is 2.06. The fourth-order valence-corrected chi connectivity index (χ4v) is 1.65. The summed E-state index contributed by atoms with van der Waals surface area (Å²) < 4.78 is 0. The Morgan fingerprint density at radius 2 is 1.00 bits per heavy atom. The van der Waals surface area contributed by atoms with Crippen molar-refractivity contribution in [3.05, 3.63) is 0 Å². The lowest BCUT2D eigenvalue weighted by atomic mass is 9.93. The van der Waals surface area contributed by atoms with E-state index >= 15 is 0 Å². The monoisotopic (exact) mass is 331 g/mol. The highest BCUT2D eigenvalue weighted by molar-refractivity contribution is 5.86. The van der Waals surface area contributed by atoms with Crippen LogP contribution in [0.2, 0.25) is 0 Å². The Morgan fingerprint density at radius 3 is 1.41 bits per heavy atom. The van der Waals surface area contributed by atoms with Crippen LogP contribution in [-0.4, -0.2) is 19.6 Å². The van der Waals surface area contributed by atoms with E-state index in [0.717, 1.165) is 44.8 Å². The van der Waals surface area contributed by atoms with Crippen LogP contribution >= 0.6 is 49.6 Å². The SMILES string of the molecule is Cl.Cl.Cl.Cl.NCCCCC(CCN)CCCN. The van der Waals surface area contributed by atoms with E-state index in [1.54, 1.807) is 0 Å². The van der Waals surface area contributed by atoms with Crippen molar-refractivity contribution in [2.75, 3.05) is 19.6 Å². The fraction of sp³-hybridized carbons (Fsp3) is 1.00. The molecule has 0 aromatic heterocycles. The van der Waals surface area contributed by atoms with Crippen LogP contribution in [0.4, 0.5) is 0 Å². The van der Waals surface area contributed by atoms with Crippen molar-refractivity contribution in [1.29, 1.82) is 0 Å². The van der Waals surface area contributed by atoms with E-state index in [1.807, 2.05) is 0 Å². The summed E-state index contributed by atoms with van der Waals surface area (Å²) in [6, 6.07) is 0. The van der Waals surface area contributed by atoms with E-state index in [-0.39, 0.29) is 49.6 Å². The summed E-state index contributed by atoms with van der Waals surface area (Å²) in [6.45, 7) is 2.42. The third-order valence-corrected chi connectivity index (χ3v) is 2.46. The molecule has 0 rings (SSSR count). The molecule has 0 aliphatic carbocycles. The first-order chi connectivity index (χ1) is 6.35. The maximum Gasteiger partial charge on any atom is -0.00746 e. The van der Waals surface area contributed by atoms with Gasteiger partial charge in [-0.15, -0.1) is 49.6 Å². The van der Waals surface area contributed by atoms with Crippen molar-refractivity contribution in [3.63, 3.8) is 0 Å². The van der Waals surface area contributed by atoms with Crippen molar-refractivity contribution in [1.82, 2.24) is 0 Å². The zero-order chi connectivity index (χ0) is 9.94. The molecule has 112 valence electrons. The number of rotatable bonds is 9. The fourth-order valence-electron chi connectivity index (χ4n) is 1.65. The van der Waals surface area contributed by atoms with Crippen LogP contribution in [0.3, 0.4) is 0 Å². The van der Waals surface area contributed by atoms with E-state index in [4.69, 9.17) is 17.2 Å². The molecule has 0 saturated carbocycles. The Balaban J connectivity index is -0.000000120. The summed E-state index contributed by atoms with van der Waals surface area (Å²) in [6.07, 6.45) is 7.17. The van der Waals surface area contributed by atoms with E-state index in [9.17, 15) is 0 Å². The minimum Gasteiger partial charge on any atom is -0.330 e. The lowest BCUT2D eigenvalue weighted by Crippen LogP contribution is -2.11. The number of hydrogen-bond donors (Lipinski definition) is 3. The number of hydrogen-bond acceptors (Lipinski definition) is 3. The maximum atomic E-state index is 5.55. The summed E-state index contributed by atoms with van der Waals surface area (Å²) in [7, 11) is 0. The lowest BCUT2D eigenvalue weighted by molar-refractivity contribution is 0.400. The molecular formula is C10H29Cl4N3. The largest absolute Gasteiger partial charge is 0.330 e. The van der Waals surface area contributed by atoms with Crippen molar-refractivity contribution in [2.45, 2.75) is 38.5 Å². The molecule has 0 radical (unpaired) electrons. The van der Waals surface area contributed by atoms with Crippen LogP contribution in [0.15, 0.2) is 0 Å².